The van der Waals surface area contributed by atoms with Crippen LogP contribution in [0.4, 0.5) is 0 Å². The molecule has 0 atom stereocenters. The van der Waals surface area contributed by atoms with E-state index in [1.165, 1.54) is 10.5 Å². The van der Waals surface area contributed by atoms with Crippen molar-refractivity contribution < 1.29 is 9.53 Å². The fraction of sp³-hybridized carbons (Fsp3) is 0.455. The lowest BCUT2D eigenvalue weighted by molar-refractivity contribution is 0.0934. The molecule has 0 aliphatic heterocycles. The highest BCUT2D eigenvalue weighted by molar-refractivity contribution is 5.96. The van der Waals surface area contributed by atoms with Crippen molar-refractivity contribution in [2.75, 3.05) is 20.3 Å². The summed E-state index contributed by atoms with van der Waals surface area (Å²) in [6.07, 6.45) is 5.74. The van der Waals surface area contributed by atoms with E-state index in [1.54, 1.807) is 23.9 Å². The lowest BCUT2D eigenvalue weighted by Gasteiger charge is -2.15. The smallest absolute Gasteiger partial charge is 0.267 e. The first-order valence-corrected chi connectivity index (χ1v) is 10.4. The lowest BCUT2D eigenvalue weighted by atomic mass is 10.1. The Morgan fingerprint density at radius 2 is 2.07 bits per heavy atom. The number of nitrogens with one attached hydrogen (secondary N) is 2. The van der Waals surface area contributed by atoms with Gasteiger partial charge in [-0.1, -0.05) is 32.3 Å². The molecule has 0 aliphatic carbocycles. The van der Waals surface area contributed by atoms with Crippen LogP contribution in [0.1, 0.15) is 48.5 Å². The van der Waals surface area contributed by atoms with E-state index in [0.717, 1.165) is 31.2 Å². The minimum Gasteiger partial charge on any atom is -0.383 e. The van der Waals surface area contributed by atoms with Crippen molar-refractivity contribution >= 4 is 22.6 Å². The van der Waals surface area contributed by atoms with Gasteiger partial charge in [0.05, 0.1) is 17.6 Å². The minimum atomic E-state index is -0.394. The second-order valence-electron chi connectivity index (χ2n) is 7.41. The number of ether oxygens (including phenoxy) is 1. The van der Waals surface area contributed by atoms with Gasteiger partial charge < -0.3 is 14.6 Å². The SMILES string of the molecule is CCCCCCn1c(=N)c(C(=O)NCCOC)cc2c(=O)n3cccc(C)c3nc21. The van der Waals surface area contributed by atoms with Gasteiger partial charge in [0.25, 0.3) is 11.5 Å². The summed E-state index contributed by atoms with van der Waals surface area (Å²) in [5.74, 6) is -0.394. The van der Waals surface area contributed by atoms with Crippen LogP contribution in [0.3, 0.4) is 0 Å². The highest BCUT2D eigenvalue weighted by Crippen LogP contribution is 2.14. The third-order valence-electron chi connectivity index (χ3n) is 5.21. The Labute approximate surface area is 175 Å². The van der Waals surface area contributed by atoms with E-state index in [9.17, 15) is 9.59 Å². The number of aromatic nitrogens is 3. The summed E-state index contributed by atoms with van der Waals surface area (Å²) in [5.41, 5.74) is 1.88. The molecule has 0 aliphatic rings. The Balaban J connectivity index is 2.21. The second-order valence-corrected chi connectivity index (χ2v) is 7.41. The number of amides is 1. The number of hydrogen-bond acceptors (Lipinski definition) is 5. The minimum absolute atomic E-state index is 0.0683. The third kappa shape index (κ3) is 4.28. The lowest BCUT2D eigenvalue weighted by Crippen LogP contribution is -2.36. The van der Waals surface area contributed by atoms with Gasteiger partial charge in [-0.3, -0.25) is 19.4 Å². The van der Waals surface area contributed by atoms with Crippen molar-refractivity contribution in [2.45, 2.75) is 46.1 Å². The number of rotatable bonds is 9. The van der Waals surface area contributed by atoms with Gasteiger partial charge in [0, 0.05) is 26.4 Å². The maximum Gasteiger partial charge on any atom is 0.267 e. The van der Waals surface area contributed by atoms with Gasteiger partial charge >= 0.3 is 0 Å². The van der Waals surface area contributed by atoms with Crippen LogP contribution in [-0.4, -0.2) is 40.1 Å². The van der Waals surface area contributed by atoms with Crippen LogP contribution < -0.4 is 16.4 Å². The Kier molecular flexibility index (Phi) is 6.99. The van der Waals surface area contributed by atoms with Crippen LogP contribution in [0.2, 0.25) is 0 Å². The molecular weight excluding hydrogens is 382 g/mol. The molecule has 2 N–H and O–H groups in total. The van der Waals surface area contributed by atoms with Crippen LogP contribution in [0.25, 0.3) is 16.7 Å². The first-order chi connectivity index (χ1) is 14.5. The van der Waals surface area contributed by atoms with E-state index in [2.05, 4.69) is 12.2 Å². The molecule has 30 heavy (non-hydrogen) atoms. The standard InChI is InChI=1S/C22H29N5O3/c1-4-5-6-7-11-26-18(23)16(21(28)24-10-13-30-3)14-17-20(26)25-19-15(2)9-8-12-27(19)22(17)29/h8-9,12,14,23H,4-7,10-11,13H2,1-3H3,(H,24,28). The van der Waals surface area contributed by atoms with Crippen LogP contribution >= 0.6 is 0 Å². The van der Waals surface area contributed by atoms with E-state index in [-0.39, 0.29) is 16.6 Å². The molecule has 0 spiro atoms. The number of methoxy groups -OCH3 is 1. The molecule has 0 bridgehead atoms. The molecule has 8 nitrogen and oxygen atoms in total. The first-order valence-electron chi connectivity index (χ1n) is 10.4. The number of aryl methyl sites for hydroxylation is 2. The molecule has 0 aromatic carbocycles. The fourth-order valence-corrected chi connectivity index (χ4v) is 3.55. The molecule has 160 valence electrons. The first kappa shape index (κ1) is 21.7. The van der Waals surface area contributed by atoms with Crippen molar-refractivity contribution in [1.82, 2.24) is 19.3 Å². The molecule has 3 rings (SSSR count). The van der Waals surface area contributed by atoms with E-state index >= 15 is 0 Å². The highest BCUT2D eigenvalue weighted by Gasteiger charge is 2.17. The highest BCUT2D eigenvalue weighted by atomic mass is 16.5. The molecule has 0 fully saturated rings. The van der Waals surface area contributed by atoms with E-state index in [1.807, 2.05) is 13.0 Å². The Morgan fingerprint density at radius 3 is 2.80 bits per heavy atom. The fourth-order valence-electron chi connectivity index (χ4n) is 3.55. The normalized spacial score (nSPS) is 11.3. The number of carbonyl (C=O) groups excluding carboxylic acids is 1. The zero-order valence-corrected chi connectivity index (χ0v) is 17.8. The monoisotopic (exact) mass is 411 g/mol. The molecule has 3 aromatic heterocycles. The number of nitrogens with zero attached hydrogens (tertiary/aromatic N) is 3. The number of unbranched alkanes of at least 4 members (excludes halogenated alkanes) is 3. The summed E-state index contributed by atoms with van der Waals surface area (Å²) in [7, 11) is 1.56. The number of hydrogen-bond donors (Lipinski definition) is 2. The predicted molar refractivity (Wildman–Crippen MR) is 116 cm³/mol. The molecule has 8 heteroatoms. The predicted octanol–water partition coefficient (Wildman–Crippen LogP) is 2.39. The maximum absolute atomic E-state index is 13.2. The van der Waals surface area contributed by atoms with Crippen LogP contribution in [-0.2, 0) is 11.3 Å². The molecule has 0 radical (unpaired) electrons. The van der Waals surface area contributed by atoms with Gasteiger partial charge in [-0.2, -0.15) is 0 Å². The summed E-state index contributed by atoms with van der Waals surface area (Å²) in [4.78, 5) is 30.7. The van der Waals surface area contributed by atoms with Crippen molar-refractivity contribution in [3.8, 4) is 0 Å². The van der Waals surface area contributed by atoms with Gasteiger partial charge in [0.1, 0.15) is 16.8 Å². The summed E-state index contributed by atoms with van der Waals surface area (Å²) >= 11 is 0. The quantitative estimate of drug-likeness (QED) is 0.417. The summed E-state index contributed by atoms with van der Waals surface area (Å²) in [5, 5.41) is 11.8. The van der Waals surface area contributed by atoms with Crippen molar-refractivity contribution in [3.05, 3.63) is 51.4 Å². The van der Waals surface area contributed by atoms with Crippen LogP contribution in [0.5, 0.6) is 0 Å². The van der Waals surface area contributed by atoms with E-state index in [4.69, 9.17) is 15.1 Å². The molecule has 3 heterocycles. The topological polar surface area (TPSA) is 101 Å². The van der Waals surface area contributed by atoms with Gasteiger partial charge in [0.2, 0.25) is 0 Å². The maximum atomic E-state index is 13.2. The van der Waals surface area contributed by atoms with Crippen LogP contribution in [0, 0.1) is 12.3 Å². The van der Waals surface area contributed by atoms with Crippen molar-refractivity contribution in [2.24, 2.45) is 0 Å². The Hall–Kier alpha value is -3.00. The number of carbonyl (C=O) groups is 1. The van der Waals surface area contributed by atoms with Crippen LogP contribution in [0.15, 0.2) is 29.2 Å². The molecular formula is C22H29N5O3. The average molecular weight is 412 g/mol. The van der Waals surface area contributed by atoms with Gasteiger partial charge in [-0.15, -0.1) is 0 Å². The molecule has 3 aromatic rings. The Morgan fingerprint density at radius 1 is 1.27 bits per heavy atom. The van der Waals surface area contributed by atoms with E-state index in [0.29, 0.717) is 36.4 Å². The molecule has 1 amide bonds. The van der Waals surface area contributed by atoms with Gasteiger partial charge in [-0.05, 0) is 31.0 Å². The average Bonchev–Trinajstić information content (AvgIpc) is 2.73. The van der Waals surface area contributed by atoms with Gasteiger partial charge in [0.15, 0.2) is 0 Å². The summed E-state index contributed by atoms with van der Waals surface area (Å²) in [6, 6.07) is 5.19. The van der Waals surface area contributed by atoms with Crippen molar-refractivity contribution in [1.29, 1.82) is 5.41 Å². The Bertz CT molecular complexity index is 1180. The zero-order valence-electron chi connectivity index (χ0n) is 17.8. The van der Waals surface area contributed by atoms with Crippen molar-refractivity contribution in [3.63, 3.8) is 0 Å². The molecule has 0 saturated carbocycles. The molecule has 0 unspecified atom stereocenters. The number of fused-ring (bicyclic) bond motifs is 2. The largest absolute Gasteiger partial charge is 0.383 e. The third-order valence-corrected chi connectivity index (χ3v) is 5.21. The van der Waals surface area contributed by atoms with E-state index < -0.39 is 5.91 Å². The van der Waals surface area contributed by atoms with Gasteiger partial charge in [-0.25, -0.2) is 4.98 Å². The second kappa shape index (κ2) is 9.67. The number of pyridine rings is 2. The molecule has 0 saturated heterocycles. The summed E-state index contributed by atoms with van der Waals surface area (Å²) < 4.78 is 8.17. The zero-order chi connectivity index (χ0) is 21.7. The summed E-state index contributed by atoms with van der Waals surface area (Å²) in [6.45, 7) is 5.28.